The van der Waals surface area contributed by atoms with E-state index in [0.717, 1.165) is 5.56 Å². The van der Waals surface area contributed by atoms with Gasteiger partial charge in [-0.25, -0.2) is 5.10 Å². The first-order valence-electron chi connectivity index (χ1n) is 6.77. The zero-order valence-corrected chi connectivity index (χ0v) is 13.7. The molecule has 1 aromatic heterocycles. The molecule has 0 radical (unpaired) electrons. The molecule has 0 unspecified atom stereocenters. The lowest BCUT2D eigenvalue weighted by atomic mass is 10.2. The second kappa shape index (κ2) is 6.73. The summed E-state index contributed by atoms with van der Waals surface area (Å²) >= 11 is 11.2. The van der Waals surface area contributed by atoms with Crippen LogP contribution in [0.4, 0.5) is 5.69 Å². The van der Waals surface area contributed by atoms with Crippen molar-refractivity contribution in [3.63, 3.8) is 0 Å². The second-order valence-corrected chi connectivity index (χ2v) is 5.59. The summed E-state index contributed by atoms with van der Waals surface area (Å²) < 4.78 is 1.78. The molecule has 1 heterocycles. The highest BCUT2D eigenvalue weighted by Crippen LogP contribution is 2.21. The van der Waals surface area contributed by atoms with Crippen LogP contribution in [-0.2, 0) is 0 Å². The average molecular weight is 360 g/mol. The van der Waals surface area contributed by atoms with Crippen LogP contribution in [0.3, 0.4) is 0 Å². The van der Waals surface area contributed by atoms with Gasteiger partial charge in [0.2, 0.25) is 4.77 Å². The number of nitrogens with one attached hydrogen (secondary N) is 1. The van der Waals surface area contributed by atoms with Gasteiger partial charge in [-0.1, -0.05) is 23.7 Å². The monoisotopic (exact) mass is 359 g/mol. The highest BCUT2D eigenvalue weighted by molar-refractivity contribution is 7.71. The van der Waals surface area contributed by atoms with Crippen molar-refractivity contribution in [1.82, 2.24) is 14.9 Å². The van der Waals surface area contributed by atoms with Gasteiger partial charge in [-0.15, -0.1) is 0 Å². The molecule has 0 spiro atoms. The van der Waals surface area contributed by atoms with Crippen LogP contribution in [0.2, 0.25) is 5.02 Å². The summed E-state index contributed by atoms with van der Waals surface area (Å²) in [5.74, 6) is 0.515. The minimum Gasteiger partial charge on any atom is -0.258 e. The predicted octanol–water partition coefficient (Wildman–Crippen LogP) is 4.05. The number of nitro groups is 1. The van der Waals surface area contributed by atoms with E-state index in [1.807, 2.05) is 6.07 Å². The van der Waals surface area contributed by atoms with Gasteiger partial charge in [-0.3, -0.25) is 10.1 Å². The molecule has 24 heavy (non-hydrogen) atoms. The molecular weight excluding hydrogens is 350 g/mol. The standard InChI is InChI=1S/C15H10ClN5O2S/c16-12-3-1-2-11(8-12)14-18-19-15(24)20(14)17-9-10-4-6-13(7-5-10)21(22)23/h1-9H,(H,19,24)/b17-9+. The molecule has 120 valence electrons. The van der Waals surface area contributed by atoms with E-state index >= 15 is 0 Å². The molecule has 1 N–H and O–H groups in total. The Bertz CT molecular complexity index is 978. The molecule has 0 saturated carbocycles. The SMILES string of the molecule is O=[N+]([O-])c1ccc(/C=N/n2c(-c3cccc(Cl)c3)n[nH]c2=S)cc1. The summed E-state index contributed by atoms with van der Waals surface area (Å²) in [6.07, 6.45) is 1.54. The highest BCUT2D eigenvalue weighted by Gasteiger charge is 2.08. The topological polar surface area (TPSA) is 89.1 Å². The summed E-state index contributed by atoms with van der Waals surface area (Å²) in [6.45, 7) is 0. The Morgan fingerprint density at radius 2 is 2.04 bits per heavy atom. The fourth-order valence-electron chi connectivity index (χ4n) is 2.02. The van der Waals surface area contributed by atoms with E-state index in [2.05, 4.69) is 15.3 Å². The molecule has 0 amide bonds. The van der Waals surface area contributed by atoms with Crippen LogP contribution in [-0.4, -0.2) is 26.0 Å². The van der Waals surface area contributed by atoms with Gasteiger partial charge in [0.15, 0.2) is 5.82 Å². The Morgan fingerprint density at radius 3 is 2.71 bits per heavy atom. The zero-order chi connectivity index (χ0) is 17.1. The van der Waals surface area contributed by atoms with Crippen molar-refractivity contribution in [2.45, 2.75) is 0 Å². The summed E-state index contributed by atoms with van der Waals surface area (Å²) in [6, 6.07) is 13.2. The summed E-state index contributed by atoms with van der Waals surface area (Å²) in [4.78, 5) is 10.2. The van der Waals surface area contributed by atoms with Crippen molar-refractivity contribution in [3.05, 3.63) is 74.0 Å². The third-order valence-corrected chi connectivity index (χ3v) is 3.66. The summed E-state index contributed by atoms with van der Waals surface area (Å²) in [5, 5.41) is 22.4. The van der Waals surface area contributed by atoms with Gasteiger partial charge >= 0.3 is 0 Å². The predicted molar refractivity (Wildman–Crippen MR) is 93.9 cm³/mol. The van der Waals surface area contributed by atoms with E-state index in [0.29, 0.717) is 21.2 Å². The van der Waals surface area contributed by atoms with Gasteiger partial charge in [0.25, 0.3) is 5.69 Å². The van der Waals surface area contributed by atoms with E-state index in [-0.39, 0.29) is 5.69 Å². The molecule has 0 atom stereocenters. The van der Waals surface area contributed by atoms with Crippen molar-refractivity contribution < 1.29 is 4.92 Å². The van der Waals surface area contributed by atoms with Gasteiger partial charge in [-0.05, 0) is 42.0 Å². The van der Waals surface area contributed by atoms with E-state index in [1.165, 1.54) is 16.8 Å². The second-order valence-electron chi connectivity index (χ2n) is 4.77. The van der Waals surface area contributed by atoms with Gasteiger partial charge in [0.1, 0.15) is 0 Å². The maximum Gasteiger partial charge on any atom is 0.269 e. The van der Waals surface area contributed by atoms with Crippen LogP contribution in [0.15, 0.2) is 53.6 Å². The van der Waals surface area contributed by atoms with Gasteiger partial charge in [0.05, 0.1) is 11.1 Å². The van der Waals surface area contributed by atoms with Crippen molar-refractivity contribution in [2.24, 2.45) is 5.10 Å². The number of non-ortho nitro benzene ring substituents is 1. The fraction of sp³-hybridized carbons (Fsp3) is 0. The minimum atomic E-state index is -0.454. The van der Waals surface area contributed by atoms with E-state index in [1.54, 1.807) is 36.5 Å². The first-order valence-corrected chi connectivity index (χ1v) is 7.55. The van der Waals surface area contributed by atoms with Gasteiger partial charge in [0, 0.05) is 22.7 Å². The lowest BCUT2D eigenvalue weighted by Crippen LogP contribution is -1.95. The lowest BCUT2D eigenvalue weighted by Gasteiger charge is -2.01. The Kier molecular flexibility index (Phi) is 4.50. The fourth-order valence-corrected chi connectivity index (χ4v) is 2.39. The molecule has 0 saturated heterocycles. The number of nitrogens with zero attached hydrogens (tertiary/aromatic N) is 4. The zero-order valence-electron chi connectivity index (χ0n) is 12.1. The smallest absolute Gasteiger partial charge is 0.258 e. The number of aromatic amines is 1. The van der Waals surface area contributed by atoms with Crippen LogP contribution in [0.5, 0.6) is 0 Å². The molecule has 9 heteroatoms. The molecule has 2 aromatic carbocycles. The van der Waals surface area contributed by atoms with Crippen molar-refractivity contribution >= 4 is 35.7 Å². The molecule has 7 nitrogen and oxygen atoms in total. The van der Waals surface area contributed by atoms with Crippen molar-refractivity contribution in [1.29, 1.82) is 0 Å². The van der Waals surface area contributed by atoms with Crippen LogP contribution in [0.1, 0.15) is 5.56 Å². The summed E-state index contributed by atoms with van der Waals surface area (Å²) in [7, 11) is 0. The third kappa shape index (κ3) is 3.39. The number of H-pyrrole nitrogens is 1. The molecule has 3 aromatic rings. The number of aromatic nitrogens is 3. The molecule has 0 fully saturated rings. The number of benzene rings is 2. The molecule has 3 rings (SSSR count). The molecule has 0 aliphatic carbocycles. The summed E-state index contributed by atoms with van der Waals surface area (Å²) in [5.41, 5.74) is 1.48. The Labute approximate surface area is 146 Å². The van der Waals surface area contributed by atoms with Gasteiger partial charge < -0.3 is 0 Å². The highest BCUT2D eigenvalue weighted by atomic mass is 35.5. The van der Waals surface area contributed by atoms with Crippen LogP contribution in [0.25, 0.3) is 11.4 Å². The Morgan fingerprint density at radius 1 is 1.29 bits per heavy atom. The maximum atomic E-state index is 10.7. The number of halogens is 1. The number of rotatable bonds is 4. The van der Waals surface area contributed by atoms with Crippen LogP contribution in [0, 0.1) is 14.9 Å². The average Bonchev–Trinajstić information content (AvgIpc) is 2.94. The molecule has 0 bridgehead atoms. The van der Waals surface area contributed by atoms with Crippen molar-refractivity contribution in [3.8, 4) is 11.4 Å². The van der Waals surface area contributed by atoms with E-state index in [4.69, 9.17) is 23.8 Å². The normalized spacial score (nSPS) is 11.0. The largest absolute Gasteiger partial charge is 0.269 e. The van der Waals surface area contributed by atoms with E-state index in [9.17, 15) is 10.1 Å². The number of hydrogen-bond donors (Lipinski definition) is 1. The van der Waals surface area contributed by atoms with Crippen LogP contribution < -0.4 is 0 Å². The lowest BCUT2D eigenvalue weighted by molar-refractivity contribution is -0.384. The molecular formula is C15H10ClN5O2S. The Hall–Kier alpha value is -2.84. The van der Waals surface area contributed by atoms with Gasteiger partial charge in [-0.2, -0.15) is 14.9 Å². The first-order chi connectivity index (χ1) is 11.5. The molecule has 0 aliphatic rings. The third-order valence-electron chi connectivity index (χ3n) is 3.16. The first kappa shape index (κ1) is 16.0. The van der Waals surface area contributed by atoms with Crippen LogP contribution >= 0.6 is 23.8 Å². The van der Waals surface area contributed by atoms with Crippen molar-refractivity contribution in [2.75, 3.05) is 0 Å². The van der Waals surface area contributed by atoms with E-state index < -0.39 is 4.92 Å². The minimum absolute atomic E-state index is 0.0201. The molecule has 0 aliphatic heterocycles. The maximum absolute atomic E-state index is 10.7. The number of nitro benzene ring substituents is 1. The number of hydrogen-bond acceptors (Lipinski definition) is 5. The Balaban J connectivity index is 1.94. The quantitative estimate of drug-likeness (QED) is 0.329.